The van der Waals surface area contributed by atoms with E-state index in [9.17, 15) is 4.79 Å². The summed E-state index contributed by atoms with van der Waals surface area (Å²) in [5.41, 5.74) is 5.12. The highest BCUT2D eigenvalue weighted by atomic mass is 16.1. The number of aryl methyl sites for hydroxylation is 1. The number of fused-ring (bicyclic) bond motifs is 1. The van der Waals surface area contributed by atoms with E-state index in [0.717, 1.165) is 47.5 Å². The van der Waals surface area contributed by atoms with Gasteiger partial charge in [0, 0.05) is 36.1 Å². The maximum absolute atomic E-state index is 12.7. The molecule has 1 aliphatic heterocycles. The predicted octanol–water partition coefficient (Wildman–Crippen LogP) is 2.58. The van der Waals surface area contributed by atoms with Crippen LogP contribution in [0.2, 0.25) is 0 Å². The first-order chi connectivity index (χ1) is 10.6. The molecular weight excluding hydrogens is 276 g/mol. The average molecular weight is 298 g/mol. The quantitative estimate of drug-likeness (QED) is 0.915. The van der Waals surface area contributed by atoms with Gasteiger partial charge < -0.3 is 10.6 Å². The number of hydrogen-bond acceptors (Lipinski definition) is 3. The van der Waals surface area contributed by atoms with Gasteiger partial charge in [-0.25, -0.2) is 0 Å². The van der Waals surface area contributed by atoms with Gasteiger partial charge in [-0.15, -0.1) is 0 Å². The SMILES string of the molecule is Cc1c(C(C)NC(=O)c2cccc3c2CCCN3)cnn1C. The van der Waals surface area contributed by atoms with Crippen molar-refractivity contribution < 1.29 is 4.79 Å². The van der Waals surface area contributed by atoms with E-state index in [1.807, 2.05) is 50.0 Å². The average Bonchev–Trinajstić information content (AvgIpc) is 2.86. The van der Waals surface area contributed by atoms with Crippen LogP contribution in [0.4, 0.5) is 5.69 Å². The third-order valence-corrected chi connectivity index (χ3v) is 4.43. The minimum atomic E-state index is -0.0615. The molecule has 2 N–H and O–H groups in total. The number of nitrogens with one attached hydrogen (secondary N) is 2. The predicted molar refractivity (Wildman–Crippen MR) is 87.1 cm³/mol. The van der Waals surface area contributed by atoms with Crippen LogP contribution in [0.15, 0.2) is 24.4 Å². The Bertz CT molecular complexity index is 705. The van der Waals surface area contributed by atoms with Crippen LogP contribution < -0.4 is 10.6 Å². The number of rotatable bonds is 3. The van der Waals surface area contributed by atoms with Gasteiger partial charge in [-0.2, -0.15) is 5.10 Å². The van der Waals surface area contributed by atoms with Crippen LogP contribution in [0.5, 0.6) is 0 Å². The molecule has 5 heteroatoms. The maximum Gasteiger partial charge on any atom is 0.252 e. The lowest BCUT2D eigenvalue weighted by atomic mass is 9.97. The van der Waals surface area contributed by atoms with Gasteiger partial charge >= 0.3 is 0 Å². The van der Waals surface area contributed by atoms with Crippen molar-refractivity contribution in [3.8, 4) is 0 Å². The summed E-state index contributed by atoms with van der Waals surface area (Å²) >= 11 is 0. The Balaban J connectivity index is 1.82. The lowest BCUT2D eigenvalue weighted by Crippen LogP contribution is -2.28. The van der Waals surface area contributed by atoms with Gasteiger partial charge in [-0.05, 0) is 44.4 Å². The van der Waals surface area contributed by atoms with Gasteiger partial charge in [0.05, 0.1) is 12.2 Å². The smallest absolute Gasteiger partial charge is 0.252 e. The van der Waals surface area contributed by atoms with E-state index in [-0.39, 0.29) is 11.9 Å². The van der Waals surface area contributed by atoms with Crippen LogP contribution in [0.1, 0.15) is 46.6 Å². The van der Waals surface area contributed by atoms with Crippen LogP contribution in [0.3, 0.4) is 0 Å². The van der Waals surface area contributed by atoms with E-state index >= 15 is 0 Å². The first kappa shape index (κ1) is 14.6. The number of amides is 1. The molecule has 0 aliphatic carbocycles. The zero-order valence-corrected chi connectivity index (χ0v) is 13.3. The van der Waals surface area contributed by atoms with Crippen molar-refractivity contribution in [3.05, 3.63) is 46.8 Å². The third kappa shape index (κ3) is 2.58. The van der Waals surface area contributed by atoms with Crippen LogP contribution in [-0.4, -0.2) is 22.2 Å². The summed E-state index contributed by atoms with van der Waals surface area (Å²) in [4.78, 5) is 12.7. The summed E-state index contributed by atoms with van der Waals surface area (Å²) in [6.07, 6.45) is 3.84. The van der Waals surface area contributed by atoms with Gasteiger partial charge in [0.1, 0.15) is 0 Å². The third-order valence-electron chi connectivity index (χ3n) is 4.43. The van der Waals surface area contributed by atoms with Gasteiger partial charge in [0.2, 0.25) is 0 Å². The number of aromatic nitrogens is 2. The van der Waals surface area contributed by atoms with E-state index in [1.54, 1.807) is 0 Å². The highest BCUT2D eigenvalue weighted by molar-refractivity contribution is 5.97. The minimum Gasteiger partial charge on any atom is -0.385 e. The summed E-state index contributed by atoms with van der Waals surface area (Å²) in [6.45, 7) is 4.98. The Morgan fingerprint density at radius 2 is 2.27 bits per heavy atom. The molecule has 0 radical (unpaired) electrons. The lowest BCUT2D eigenvalue weighted by molar-refractivity contribution is 0.0939. The van der Waals surface area contributed by atoms with Crippen molar-refractivity contribution in [3.63, 3.8) is 0 Å². The molecule has 0 saturated carbocycles. The maximum atomic E-state index is 12.7. The molecule has 1 aliphatic rings. The molecule has 0 fully saturated rings. The van der Waals surface area contributed by atoms with Crippen LogP contribution in [-0.2, 0) is 13.5 Å². The zero-order valence-electron chi connectivity index (χ0n) is 13.3. The highest BCUT2D eigenvalue weighted by Crippen LogP contribution is 2.26. The number of carbonyl (C=O) groups excluding carboxylic acids is 1. The number of nitrogens with zero attached hydrogens (tertiary/aromatic N) is 2. The second-order valence-electron chi connectivity index (χ2n) is 5.87. The number of anilines is 1. The standard InChI is InChI=1S/C17H22N4O/c1-11(15-10-19-21(3)12(15)2)20-17(22)14-6-4-8-16-13(14)7-5-9-18-16/h4,6,8,10-11,18H,5,7,9H2,1-3H3,(H,20,22). The Morgan fingerprint density at radius 3 is 3.00 bits per heavy atom. The van der Waals surface area contributed by atoms with E-state index in [4.69, 9.17) is 0 Å². The van der Waals surface area contributed by atoms with Gasteiger partial charge in [0.25, 0.3) is 5.91 Å². The fourth-order valence-electron chi connectivity index (χ4n) is 3.02. The Kier molecular flexibility index (Phi) is 3.88. The molecule has 3 rings (SSSR count). The number of benzene rings is 1. The number of hydrogen-bond donors (Lipinski definition) is 2. The number of carbonyl (C=O) groups is 1. The van der Waals surface area contributed by atoms with Crippen molar-refractivity contribution in [2.24, 2.45) is 7.05 Å². The molecule has 0 spiro atoms. The van der Waals surface area contributed by atoms with Gasteiger partial charge in [0.15, 0.2) is 0 Å². The summed E-state index contributed by atoms with van der Waals surface area (Å²) in [5.74, 6) is -0.0173. The summed E-state index contributed by atoms with van der Waals surface area (Å²) < 4.78 is 1.83. The summed E-state index contributed by atoms with van der Waals surface area (Å²) in [6, 6.07) is 5.82. The van der Waals surface area contributed by atoms with Gasteiger partial charge in [-0.1, -0.05) is 6.07 Å². The molecule has 1 aromatic carbocycles. The zero-order chi connectivity index (χ0) is 15.7. The lowest BCUT2D eigenvalue weighted by Gasteiger charge is -2.21. The normalized spacial score (nSPS) is 14.9. The van der Waals surface area contributed by atoms with Crippen molar-refractivity contribution in [1.82, 2.24) is 15.1 Å². The Labute approximate surface area is 130 Å². The van der Waals surface area contributed by atoms with E-state index in [2.05, 4.69) is 15.7 Å². The molecule has 1 aromatic heterocycles. The molecule has 22 heavy (non-hydrogen) atoms. The molecule has 0 bridgehead atoms. The van der Waals surface area contributed by atoms with Gasteiger partial charge in [-0.3, -0.25) is 9.48 Å². The largest absolute Gasteiger partial charge is 0.385 e. The van der Waals surface area contributed by atoms with E-state index in [0.29, 0.717) is 0 Å². The highest BCUT2D eigenvalue weighted by Gasteiger charge is 2.20. The summed E-state index contributed by atoms with van der Waals surface area (Å²) in [7, 11) is 1.91. The van der Waals surface area contributed by atoms with Crippen molar-refractivity contribution in [1.29, 1.82) is 0 Å². The second kappa shape index (κ2) is 5.83. The molecule has 2 heterocycles. The minimum absolute atomic E-state index is 0.0173. The fourth-order valence-corrected chi connectivity index (χ4v) is 3.02. The van der Waals surface area contributed by atoms with E-state index in [1.165, 1.54) is 0 Å². The summed E-state index contributed by atoms with van der Waals surface area (Å²) in [5, 5.41) is 10.7. The topological polar surface area (TPSA) is 59.0 Å². The molecule has 2 aromatic rings. The van der Waals surface area contributed by atoms with Crippen LogP contribution >= 0.6 is 0 Å². The monoisotopic (exact) mass is 298 g/mol. The van der Waals surface area contributed by atoms with E-state index < -0.39 is 0 Å². The van der Waals surface area contributed by atoms with Crippen molar-refractivity contribution >= 4 is 11.6 Å². The first-order valence-electron chi connectivity index (χ1n) is 7.73. The first-order valence-corrected chi connectivity index (χ1v) is 7.73. The fraction of sp³-hybridized carbons (Fsp3) is 0.412. The van der Waals surface area contributed by atoms with Crippen molar-refractivity contribution in [2.75, 3.05) is 11.9 Å². The Hall–Kier alpha value is -2.30. The molecule has 1 unspecified atom stereocenters. The molecule has 116 valence electrons. The van der Waals surface area contributed by atoms with Crippen LogP contribution in [0, 0.1) is 6.92 Å². The van der Waals surface area contributed by atoms with Crippen LogP contribution in [0.25, 0.3) is 0 Å². The Morgan fingerprint density at radius 1 is 1.45 bits per heavy atom. The molecular formula is C17H22N4O. The molecule has 0 saturated heterocycles. The molecule has 1 atom stereocenters. The molecule has 1 amide bonds. The second-order valence-corrected chi connectivity index (χ2v) is 5.87. The molecule has 5 nitrogen and oxygen atoms in total. The van der Waals surface area contributed by atoms with Crippen molar-refractivity contribution in [2.45, 2.75) is 32.7 Å².